The molecule has 1 aromatic heterocycles. The predicted octanol–water partition coefficient (Wildman–Crippen LogP) is 1.10. The first-order valence-corrected chi connectivity index (χ1v) is 7.06. The number of aromatic nitrogens is 1. The number of rotatable bonds is 4. The third kappa shape index (κ3) is 3.40. The average Bonchev–Trinajstić information content (AvgIpc) is 2.68. The number of nitrogens with one attached hydrogen (secondary N) is 1. The molecule has 0 spiro atoms. The molecule has 1 saturated heterocycles. The molecule has 0 atom stereocenters. The van der Waals surface area contributed by atoms with Crippen LogP contribution >= 0.6 is 11.3 Å². The molecule has 1 aromatic rings. The Bertz CT molecular complexity index is 338. The first-order valence-electron chi connectivity index (χ1n) is 6.25. The van der Waals surface area contributed by atoms with Gasteiger partial charge < -0.3 is 10.2 Å². The Hall–Kier alpha value is -0.650. The molecular weight excluding hydrogens is 232 g/mol. The molecule has 5 heteroatoms. The van der Waals surface area contributed by atoms with Gasteiger partial charge in [-0.25, -0.2) is 4.98 Å². The van der Waals surface area contributed by atoms with E-state index in [0.717, 1.165) is 31.3 Å². The van der Waals surface area contributed by atoms with Gasteiger partial charge in [0.2, 0.25) is 0 Å². The summed E-state index contributed by atoms with van der Waals surface area (Å²) in [6, 6.07) is 0. The number of hydrogen-bond acceptors (Lipinski definition) is 5. The van der Waals surface area contributed by atoms with Crippen LogP contribution in [0.15, 0.2) is 0 Å². The molecule has 0 unspecified atom stereocenters. The van der Waals surface area contributed by atoms with Gasteiger partial charge in [0.1, 0.15) is 0 Å². The maximum Gasteiger partial charge on any atom is 0.185 e. The summed E-state index contributed by atoms with van der Waals surface area (Å²) in [7, 11) is 2.14. The van der Waals surface area contributed by atoms with Crippen LogP contribution in [0.5, 0.6) is 0 Å². The van der Waals surface area contributed by atoms with Gasteiger partial charge in [-0.05, 0) is 13.8 Å². The van der Waals surface area contributed by atoms with E-state index < -0.39 is 0 Å². The van der Waals surface area contributed by atoms with E-state index in [1.807, 2.05) is 0 Å². The standard InChI is InChI=1S/C12H22N4S/c1-10-11(2)17-12(14-10)15(3)8-9-16-6-4-13-5-7-16/h13H,4-9H2,1-3H3. The predicted molar refractivity (Wildman–Crippen MR) is 74.2 cm³/mol. The Labute approximate surface area is 108 Å². The zero-order chi connectivity index (χ0) is 12.3. The van der Waals surface area contributed by atoms with Gasteiger partial charge in [0, 0.05) is 51.2 Å². The Balaban J connectivity index is 1.82. The second-order valence-corrected chi connectivity index (χ2v) is 5.83. The lowest BCUT2D eigenvalue weighted by molar-refractivity contribution is 0.246. The van der Waals surface area contributed by atoms with Gasteiger partial charge in [0.25, 0.3) is 0 Å². The summed E-state index contributed by atoms with van der Waals surface area (Å²) in [6.45, 7) is 11.0. The monoisotopic (exact) mass is 254 g/mol. The van der Waals surface area contributed by atoms with Gasteiger partial charge in [-0.15, -0.1) is 11.3 Å². The van der Waals surface area contributed by atoms with Gasteiger partial charge >= 0.3 is 0 Å². The van der Waals surface area contributed by atoms with Crippen molar-refractivity contribution < 1.29 is 0 Å². The fourth-order valence-electron chi connectivity index (χ4n) is 1.94. The summed E-state index contributed by atoms with van der Waals surface area (Å²) in [6.07, 6.45) is 0. The summed E-state index contributed by atoms with van der Waals surface area (Å²) in [5.74, 6) is 0. The highest BCUT2D eigenvalue weighted by Gasteiger charge is 2.12. The fraction of sp³-hybridized carbons (Fsp3) is 0.750. The molecule has 2 heterocycles. The molecule has 0 saturated carbocycles. The number of anilines is 1. The highest BCUT2D eigenvalue weighted by atomic mass is 32.1. The fourth-order valence-corrected chi connectivity index (χ4v) is 2.84. The van der Waals surface area contributed by atoms with Gasteiger partial charge in [0.05, 0.1) is 5.69 Å². The van der Waals surface area contributed by atoms with Crippen molar-refractivity contribution in [1.29, 1.82) is 0 Å². The lowest BCUT2D eigenvalue weighted by atomic mass is 10.3. The zero-order valence-electron chi connectivity index (χ0n) is 11.0. The van der Waals surface area contributed by atoms with Crippen molar-refractivity contribution in [3.63, 3.8) is 0 Å². The summed E-state index contributed by atoms with van der Waals surface area (Å²) in [5.41, 5.74) is 1.17. The van der Waals surface area contributed by atoms with Gasteiger partial charge in [-0.1, -0.05) is 0 Å². The zero-order valence-corrected chi connectivity index (χ0v) is 11.8. The molecule has 4 nitrogen and oxygen atoms in total. The lowest BCUT2D eigenvalue weighted by Gasteiger charge is -2.28. The van der Waals surface area contributed by atoms with Crippen LogP contribution in [0, 0.1) is 13.8 Å². The summed E-state index contributed by atoms with van der Waals surface area (Å²) >= 11 is 1.79. The van der Waals surface area contributed by atoms with Crippen LogP contribution in [0.1, 0.15) is 10.6 Å². The quantitative estimate of drug-likeness (QED) is 0.872. The van der Waals surface area contributed by atoms with Crippen LogP contribution in [-0.2, 0) is 0 Å². The Morgan fingerprint density at radius 1 is 1.35 bits per heavy atom. The third-order valence-electron chi connectivity index (χ3n) is 3.31. The maximum atomic E-state index is 4.59. The molecule has 2 rings (SSSR count). The largest absolute Gasteiger partial charge is 0.350 e. The van der Waals surface area contributed by atoms with Crippen molar-refractivity contribution in [3.8, 4) is 0 Å². The molecule has 1 aliphatic heterocycles. The van der Waals surface area contributed by atoms with Gasteiger partial charge in [-0.3, -0.25) is 4.90 Å². The highest BCUT2D eigenvalue weighted by molar-refractivity contribution is 7.15. The van der Waals surface area contributed by atoms with E-state index in [-0.39, 0.29) is 0 Å². The normalized spacial score (nSPS) is 17.4. The molecule has 0 aromatic carbocycles. The topological polar surface area (TPSA) is 31.4 Å². The van der Waals surface area contributed by atoms with Crippen LogP contribution < -0.4 is 10.2 Å². The van der Waals surface area contributed by atoms with Gasteiger partial charge in [0.15, 0.2) is 5.13 Å². The summed E-state index contributed by atoms with van der Waals surface area (Å²) in [5, 5.41) is 4.53. The minimum absolute atomic E-state index is 1.06. The van der Waals surface area contributed by atoms with Crippen LogP contribution in [-0.4, -0.2) is 56.2 Å². The Morgan fingerprint density at radius 2 is 2.06 bits per heavy atom. The average molecular weight is 254 g/mol. The maximum absolute atomic E-state index is 4.59. The number of piperazine rings is 1. The molecule has 1 fully saturated rings. The number of likely N-dealkylation sites (N-methyl/N-ethyl adjacent to an activating group) is 1. The van der Waals surface area contributed by atoms with E-state index in [9.17, 15) is 0 Å². The molecule has 17 heavy (non-hydrogen) atoms. The minimum Gasteiger partial charge on any atom is -0.350 e. The molecule has 1 aliphatic rings. The number of nitrogens with zero attached hydrogens (tertiary/aromatic N) is 3. The van der Waals surface area contributed by atoms with Crippen molar-refractivity contribution in [1.82, 2.24) is 15.2 Å². The number of aryl methyl sites for hydroxylation is 2. The molecule has 0 aliphatic carbocycles. The summed E-state index contributed by atoms with van der Waals surface area (Å²) < 4.78 is 0. The third-order valence-corrected chi connectivity index (χ3v) is 4.49. The van der Waals surface area contributed by atoms with E-state index >= 15 is 0 Å². The molecular formula is C12H22N4S. The van der Waals surface area contributed by atoms with Crippen LogP contribution in [0.25, 0.3) is 0 Å². The van der Waals surface area contributed by atoms with Crippen molar-refractivity contribution in [2.45, 2.75) is 13.8 Å². The van der Waals surface area contributed by atoms with E-state index in [2.05, 4.69) is 41.0 Å². The second kappa shape index (κ2) is 5.80. The van der Waals surface area contributed by atoms with Crippen molar-refractivity contribution in [2.24, 2.45) is 0 Å². The van der Waals surface area contributed by atoms with E-state index in [0.29, 0.717) is 0 Å². The molecule has 96 valence electrons. The van der Waals surface area contributed by atoms with E-state index in [1.54, 1.807) is 11.3 Å². The first kappa shape index (κ1) is 12.8. The molecule has 1 N–H and O–H groups in total. The SMILES string of the molecule is Cc1nc(N(C)CCN2CCNCC2)sc1C. The second-order valence-electron chi connectivity index (χ2n) is 4.65. The Kier molecular flexibility index (Phi) is 4.36. The van der Waals surface area contributed by atoms with Crippen molar-refractivity contribution >= 4 is 16.5 Å². The van der Waals surface area contributed by atoms with Crippen LogP contribution in [0.4, 0.5) is 5.13 Å². The number of thiazole rings is 1. The van der Waals surface area contributed by atoms with Crippen LogP contribution in [0.3, 0.4) is 0 Å². The minimum atomic E-state index is 1.06. The lowest BCUT2D eigenvalue weighted by Crippen LogP contribution is -2.46. The van der Waals surface area contributed by atoms with E-state index in [4.69, 9.17) is 0 Å². The van der Waals surface area contributed by atoms with Crippen molar-refractivity contribution in [3.05, 3.63) is 10.6 Å². The highest BCUT2D eigenvalue weighted by Crippen LogP contribution is 2.23. The summed E-state index contributed by atoms with van der Waals surface area (Å²) in [4.78, 5) is 10.7. The molecule has 0 bridgehead atoms. The Morgan fingerprint density at radius 3 is 2.65 bits per heavy atom. The number of hydrogen-bond donors (Lipinski definition) is 1. The van der Waals surface area contributed by atoms with Crippen molar-refractivity contribution in [2.75, 3.05) is 51.2 Å². The van der Waals surface area contributed by atoms with Crippen LogP contribution in [0.2, 0.25) is 0 Å². The van der Waals surface area contributed by atoms with E-state index in [1.165, 1.54) is 23.7 Å². The smallest absolute Gasteiger partial charge is 0.185 e. The molecule has 0 amide bonds. The van der Waals surface area contributed by atoms with Gasteiger partial charge in [-0.2, -0.15) is 0 Å². The molecule has 0 radical (unpaired) electrons. The first-order chi connectivity index (χ1) is 8.16.